The average molecular weight is 425 g/mol. The zero-order chi connectivity index (χ0) is 20.6. The van der Waals surface area contributed by atoms with Crippen molar-refractivity contribution < 1.29 is 9.53 Å². The van der Waals surface area contributed by atoms with Gasteiger partial charge < -0.3 is 20.7 Å². The van der Waals surface area contributed by atoms with Gasteiger partial charge in [0, 0.05) is 55.5 Å². The molecular formula is C21H24N6O2S. The maximum absolute atomic E-state index is 12.1. The third-order valence-corrected chi connectivity index (χ3v) is 5.41. The van der Waals surface area contributed by atoms with E-state index in [4.69, 9.17) is 4.74 Å². The molecule has 1 aliphatic heterocycles. The number of hydrogen-bond acceptors (Lipinski definition) is 7. The Bertz CT molecular complexity index is 925. The van der Waals surface area contributed by atoms with Crippen LogP contribution in [0, 0.1) is 0 Å². The molecule has 0 radical (unpaired) electrons. The van der Waals surface area contributed by atoms with Crippen LogP contribution in [0.1, 0.15) is 0 Å². The summed E-state index contributed by atoms with van der Waals surface area (Å²) in [6.07, 6.45) is 3.60. The van der Waals surface area contributed by atoms with Crippen molar-refractivity contribution >= 4 is 34.7 Å². The highest BCUT2D eigenvalue weighted by molar-refractivity contribution is 7.08. The van der Waals surface area contributed by atoms with Crippen LogP contribution in [0.3, 0.4) is 0 Å². The van der Waals surface area contributed by atoms with E-state index in [2.05, 4.69) is 36.2 Å². The molecule has 156 valence electrons. The highest BCUT2D eigenvalue weighted by Gasteiger charge is 2.10. The SMILES string of the molecule is O=C(NCCN1CCOCC1)Nc1ccc(Nc2ncc(-c3ccsc3)cn2)cc1. The van der Waals surface area contributed by atoms with Crippen LogP contribution in [-0.2, 0) is 4.74 Å². The first-order chi connectivity index (χ1) is 14.8. The zero-order valence-corrected chi connectivity index (χ0v) is 17.3. The summed E-state index contributed by atoms with van der Waals surface area (Å²) < 4.78 is 5.32. The maximum atomic E-state index is 12.1. The fourth-order valence-corrected chi connectivity index (χ4v) is 3.73. The standard InChI is InChI=1S/C21H24N6O2S/c28-21(22-6-7-27-8-10-29-11-9-27)26-19-3-1-18(2-4-19)25-20-23-13-17(14-24-20)16-5-12-30-15-16/h1-5,12-15H,6-11H2,(H2,22,26,28)(H,23,24,25). The molecule has 0 aliphatic carbocycles. The van der Waals surface area contributed by atoms with Crippen LogP contribution in [0.4, 0.5) is 22.1 Å². The number of thiophene rings is 1. The van der Waals surface area contributed by atoms with Gasteiger partial charge in [-0.25, -0.2) is 14.8 Å². The third-order valence-electron chi connectivity index (χ3n) is 4.72. The molecule has 2 aromatic heterocycles. The molecule has 0 atom stereocenters. The van der Waals surface area contributed by atoms with Gasteiger partial charge in [-0.2, -0.15) is 11.3 Å². The fourth-order valence-electron chi connectivity index (χ4n) is 3.06. The minimum Gasteiger partial charge on any atom is -0.379 e. The second-order valence-corrected chi connectivity index (χ2v) is 7.62. The van der Waals surface area contributed by atoms with Crippen molar-refractivity contribution in [1.29, 1.82) is 0 Å². The number of aromatic nitrogens is 2. The summed E-state index contributed by atoms with van der Waals surface area (Å²) in [5, 5.41) is 13.0. The molecule has 0 spiro atoms. The first-order valence-electron chi connectivity index (χ1n) is 9.83. The van der Waals surface area contributed by atoms with E-state index in [0.717, 1.165) is 55.3 Å². The van der Waals surface area contributed by atoms with Gasteiger partial charge in [0.2, 0.25) is 5.95 Å². The Kier molecular flexibility index (Phi) is 6.86. The Labute approximate surface area is 179 Å². The Balaban J connectivity index is 1.23. The molecule has 1 aliphatic rings. The van der Waals surface area contributed by atoms with E-state index in [-0.39, 0.29) is 6.03 Å². The number of urea groups is 1. The van der Waals surface area contributed by atoms with E-state index in [1.54, 1.807) is 23.7 Å². The highest BCUT2D eigenvalue weighted by Crippen LogP contribution is 2.22. The number of morpholine rings is 1. The molecular weight excluding hydrogens is 400 g/mol. The predicted octanol–water partition coefficient (Wildman–Crippen LogP) is 3.40. The topological polar surface area (TPSA) is 91.4 Å². The van der Waals surface area contributed by atoms with Crippen molar-refractivity contribution in [2.75, 3.05) is 50.0 Å². The maximum Gasteiger partial charge on any atom is 0.319 e. The van der Waals surface area contributed by atoms with Crippen molar-refractivity contribution in [2.24, 2.45) is 0 Å². The number of anilines is 3. The minimum atomic E-state index is -0.212. The summed E-state index contributed by atoms with van der Waals surface area (Å²) in [7, 11) is 0. The van der Waals surface area contributed by atoms with Gasteiger partial charge in [-0.05, 0) is 46.7 Å². The first-order valence-corrected chi connectivity index (χ1v) is 10.8. The summed E-state index contributed by atoms with van der Waals surface area (Å²) in [4.78, 5) is 23.1. The van der Waals surface area contributed by atoms with Crippen molar-refractivity contribution in [2.45, 2.75) is 0 Å². The van der Waals surface area contributed by atoms with Gasteiger partial charge in [0.25, 0.3) is 0 Å². The number of hydrogen-bond donors (Lipinski definition) is 3. The van der Waals surface area contributed by atoms with Crippen LogP contribution in [0.15, 0.2) is 53.5 Å². The lowest BCUT2D eigenvalue weighted by Gasteiger charge is -2.26. The molecule has 3 N–H and O–H groups in total. The Morgan fingerprint density at radius 1 is 1.03 bits per heavy atom. The van der Waals surface area contributed by atoms with Gasteiger partial charge in [0.1, 0.15) is 0 Å². The van der Waals surface area contributed by atoms with Crippen LogP contribution in [0.2, 0.25) is 0 Å². The van der Waals surface area contributed by atoms with Crippen molar-refractivity contribution in [3.63, 3.8) is 0 Å². The molecule has 1 saturated heterocycles. The van der Waals surface area contributed by atoms with Gasteiger partial charge in [-0.3, -0.25) is 4.90 Å². The van der Waals surface area contributed by atoms with Crippen LogP contribution in [-0.4, -0.2) is 60.3 Å². The summed E-state index contributed by atoms with van der Waals surface area (Å²) >= 11 is 1.65. The Morgan fingerprint density at radius 3 is 2.47 bits per heavy atom. The van der Waals surface area contributed by atoms with E-state index < -0.39 is 0 Å². The van der Waals surface area contributed by atoms with Crippen LogP contribution >= 0.6 is 11.3 Å². The second-order valence-electron chi connectivity index (χ2n) is 6.84. The Hall–Kier alpha value is -3.01. The fraction of sp³-hybridized carbons (Fsp3) is 0.286. The lowest BCUT2D eigenvalue weighted by atomic mass is 10.2. The lowest BCUT2D eigenvalue weighted by molar-refractivity contribution is 0.0388. The second kappa shape index (κ2) is 10.1. The summed E-state index contributed by atoms with van der Waals surface area (Å²) in [5.41, 5.74) is 3.67. The number of benzene rings is 1. The monoisotopic (exact) mass is 424 g/mol. The van der Waals surface area contributed by atoms with E-state index >= 15 is 0 Å². The van der Waals surface area contributed by atoms with Gasteiger partial charge >= 0.3 is 6.03 Å². The van der Waals surface area contributed by atoms with Crippen molar-refractivity contribution in [3.8, 4) is 11.1 Å². The smallest absolute Gasteiger partial charge is 0.319 e. The Morgan fingerprint density at radius 2 is 1.77 bits per heavy atom. The highest BCUT2D eigenvalue weighted by atomic mass is 32.1. The molecule has 0 saturated carbocycles. The van der Waals surface area contributed by atoms with Gasteiger partial charge in [-0.1, -0.05) is 0 Å². The number of amides is 2. The molecule has 1 aromatic carbocycles. The van der Waals surface area contributed by atoms with E-state index in [1.165, 1.54) is 0 Å². The predicted molar refractivity (Wildman–Crippen MR) is 119 cm³/mol. The molecule has 8 nitrogen and oxygen atoms in total. The number of nitrogens with zero attached hydrogens (tertiary/aromatic N) is 3. The molecule has 4 rings (SSSR count). The number of ether oxygens (including phenoxy) is 1. The van der Waals surface area contributed by atoms with Crippen LogP contribution < -0.4 is 16.0 Å². The van der Waals surface area contributed by atoms with E-state index in [9.17, 15) is 4.79 Å². The van der Waals surface area contributed by atoms with Crippen LogP contribution in [0.25, 0.3) is 11.1 Å². The lowest BCUT2D eigenvalue weighted by Crippen LogP contribution is -2.42. The number of carbonyl (C=O) groups is 1. The molecule has 2 amide bonds. The summed E-state index contributed by atoms with van der Waals surface area (Å²) in [5.74, 6) is 0.524. The zero-order valence-electron chi connectivity index (χ0n) is 16.5. The van der Waals surface area contributed by atoms with Crippen molar-refractivity contribution in [1.82, 2.24) is 20.2 Å². The molecule has 0 unspecified atom stereocenters. The van der Waals surface area contributed by atoms with Crippen molar-refractivity contribution in [3.05, 3.63) is 53.5 Å². The normalized spacial score (nSPS) is 14.3. The summed E-state index contributed by atoms with van der Waals surface area (Å²) in [6.45, 7) is 4.78. The van der Waals surface area contributed by atoms with Gasteiger partial charge in [0.15, 0.2) is 0 Å². The number of rotatable bonds is 7. The molecule has 1 fully saturated rings. The molecule has 3 heterocycles. The molecule has 30 heavy (non-hydrogen) atoms. The van der Waals surface area contributed by atoms with Gasteiger partial charge in [0.05, 0.1) is 13.2 Å². The largest absolute Gasteiger partial charge is 0.379 e. The number of carbonyl (C=O) groups excluding carboxylic acids is 1. The van der Waals surface area contributed by atoms with E-state index in [0.29, 0.717) is 12.5 Å². The molecule has 9 heteroatoms. The van der Waals surface area contributed by atoms with E-state index in [1.807, 2.05) is 35.7 Å². The quantitative estimate of drug-likeness (QED) is 0.538. The van der Waals surface area contributed by atoms with Crippen LogP contribution in [0.5, 0.6) is 0 Å². The third kappa shape index (κ3) is 5.76. The molecule has 0 bridgehead atoms. The first kappa shape index (κ1) is 20.3. The number of nitrogens with one attached hydrogen (secondary N) is 3. The molecule has 3 aromatic rings. The minimum absolute atomic E-state index is 0.212. The average Bonchev–Trinajstić information content (AvgIpc) is 3.31. The summed E-state index contributed by atoms with van der Waals surface area (Å²) in [6, 6.07) is 9.25. The van der Waals surface area contributed by atoms with Gasteiger partial charge in [-0.15, -0.1) is 0 Å².